The number of pyridine rings is 1. The zero-order chi connectivity index (χ0) is 15.6. The van der Waals surface area contributed by atoms with Crippen LogP contribution in [0.25, 0.3) is 0 Å². The van der Waals surface area contributed by atoms with Gasteiger partial charge in [-0.3, -0.25) is 9.71 Å². The van der Waals surface area contributed by atoms with E-state index in [0.29, 0.717) is 22.0 Å². The third-order valence-corrected chi connectivity index (χ3v) is 5.11. The van der Waals surface area contributed by atoms with Crippen LogP contribution in [-0.2, 0) is 16.6 Å². The lowest BCUT2D eigenvalue weighted by molar-refractivity contribution is 0.601. The van der Waals surface area contributed by atoms with Crippen LogP contribution in [0.15, 0.2) is 35.4 Å². The first-order valence-electron chi connectivity index (χ1n) is 5.97. The summed E-state index contributed by atoms with van der Waals surface area (Å²) in [6.45, 7) is 1.81. The van der Waals surface area contributed by atoms with Gasteiger partial charge in [-0.1, -0.05) is 23.2 Å². The number of halogens is 2. The highest BCUT2D eigenvalue weighted by Crippen LogP contribution is 2.31. The Bertz CT molecular complexity index is 779. The monoisotopic (exact) mass is 345 g/mol. The smallest absolute Gasteiger partial charge is 0.263 e. The SMILES string of the molecule is Cc1cc(NS(=O)(=O)c2ccc(Cl)c(CN)c2Cl)ccn1. The number of sulfonamides is 1. The van der Waals surface area contributed by atoms with E-state index < -0.39 is 10.0 Å². The standard InChI is InChI=1S/C13H13Cl2N3O2S/c1-8-6-9(4-5-17-8)18-21(19,20)12-3-2-11(14)10(7-16)13(12)15/h2-6H,7,16H2,1H3,(H,17,18). The molecule has 0 atom stereocenters. The molecule has 1 aromatic heterocycles. The lowest BCUT2D eigenvalue weighted by atomic mass is 10.2. The third kappa shape index (κ3) is 3.47. The molecule has 0 radical (unpaired) electrons. The first kappa shape index (κ1) is 16.0. The first-order chi connectivity index (χ1) is 9.85. The topological polar surface area (TPSA) is 85.1 Å². The van der Waals surface area contributed by atoms with Crippen LogP contribution in [-0.4, -0.2) is 13.4 Å². The Kier molecular flexibility index (Phi) is 4.73. The Hall–Kier alpha value is -1.34. The second-order valence-corrected chi connectivity index (χ2v) is 6.77. The van der Waals surface area contributed by atoms with Crippen molar-refractivity contribution < 1.29 is 8.42 Å². The van der Waals surface area contributed by atoms with E-state index in [1.807, 2.05) is 0 Å². The van der Waals surface area contributed by atoms with E-state index in [-0.39, 0.29) is 16.5 Å². The van der Waals surface area contributed by atoms with Gasteiger partial charge in [0.2, 0.25) is 0 Å². The number of rotatable bonds is 4. The number of nitrogens with one attached hydrogen (secondary N) is 1. The fourth-order valence-electron chi connectivity index (χ4n) is 1.79. The molecule has 0 fully saturated rings. The summed E-state index contributed by atoms with van der Waals surface area (Å²) in [4.78, 5) is 3.94. The highest BCUT2D eigenvalue weighted by Gasteiger charge is 2.21. The minimum Gasteiger partial charge on any atom is -0.326 e. The van der Waals surface area contributed by atoms with E-state index in [1.54, 1.807) is 19.1 Å². The number of nitrogens with zero attached hydrogens (tertiary/aromatic N) is 1. The summed E-state index contributed by atoms with van der Waals surface area (Å²) in [6, 6.07) is 5.98. The third-order valence-electron chi connectivity index (χ3n) is 2.79. The van der Waals surface area contributed by atoms with Gasteiger partial charge in [-0.2, -0.15) is 0 Å². The second-order valence-electron chi connectivity index (χ2n) is 4.33. The number of hydrogen-bond acceptors (Lipinski definition) is 4. The van der Waals surface area contributed by atoms with Crippen molar-refractivity contribution in [1.29, 1.82) is 0 Å². The van der Waals surface area contributed by atoms with Crippen LogP contribution in [0.1, 0.15) is 11.3 Å². The first-order valence-corrected chi connectivity index (χ1v) is 8.21. The van der Waals surface area contributed by atoms with Gasteiger partial charge in [0, 0.05) is 29.0 Å². The van der Waals surface area contributed by atoms with Gasteiger partial charge in [0.25, 0.3) is 10.0 Å². The van der Waals surface area contributed by atoms with Gasteiger partial charge in [0.05, 0.1) is 10.7 Å². The van der Waals surface area contributed by atoms with Crippen LogP contribution in [0, 0.1) is 6.92 Å². The van der Waals surface area contributed by atoms with Crippen LogP contribution >= 0.6 is 23.2 Å². The molecule has 112 valence electrons. The molecule has 0 aliphatic heterocycles. The summed E-state index contributed by atoms with van der Waals surface area (Å²) >= 11 is 12.0. The summed E-state index contributed by atoms with van der Waals surface area (Å²) in [7, 11) is -3.83. The molecule has 1 aromatic carbocycles. The van der Waals surface area contributed by atoms with Crippen molar-refractivity contribution in [1.82, 2.24) is 4.98 Å². The van der Waals surface area contributed by atoms with E-state index in [2.05, 4.69) is 9.71 Å². The van der Waals surface area contributed by atoms with Gasteiger partial charge in [-0.15, -0.1) is 0 Å². The predicted octanol–water partition coefficient (Wildman–Crippen LogP) is 2.96. The molecule has 0 saturated heterocycles. The van der Waals surface area contributed by atoms with E-state index in [9.17, 15) is 8.42 Å². The highest BCUT2D eigenvalue weighted by molar-refractivity contribution is 7.92. The van der Waals surface area contributed by atoms with E-state index in [0.717, 1.165) is 0 Å². The molecule has 0 spiro atoms. The van der Waals surface area contributed by atoms with Crippen LogP contribution in [0.4, 0.5) is 5.69 Å². The molecule has 0 amide bonds. The molecule has 3 N–H and O–H groups in total. The van der Waals surface area contributed by atoms with Crippen molar-refractivity contribution in [3.63, 3.8) is 0 Å². The number of nitrogens with two attached hydrogens (primary N) is 1. The zero-order valence-corrected chi connectivity index (χ0v) is 13.4. The molecule has 0 aliphatic rings. The van der Waals surface area contributed by atoms with E-state index in [4.69, 9.17) is 28.9 Å². The number of aryl methyl sites for hydroxylation is 1. The quantitative estimate of drug-likeness (QED) is 0.891. The molecule has 2 aromatic rings. The predicted molar refractivity (Wildman–Crippen MR) is 84.1 cm³/mol. The van der Waals surface area contributed by atoms with Gasteiger partial charge < -0.3 is 5.73 Å². The van der Waals surface area contributed by atoms with Crippen molar-refractivity contribution >= 4 is 38.9 Å². The average molecular weight is 346 g/mol. The molecule has 1 heterocycles. The molecule has 21 heavy (non-hydrogen) atoms. The molecule has 8 heteroatoms. The number of anilines is 1. The summed E-state index contributed by atoms with van der Waals surface area (Å²) in [5.74, 6) is 0. The lowest BCUT2D eigenvalue weighted by Crippen LogP contribution is -2.15. The van der Waals surface area contributed by atoms with Crippen molar-refractivity contribution in [2.24, 2.45) is 5.73 Å². The molecular formula is C13H13Cl2N3O2S. The van der Waals surface area contributed by atoms with Crippen LogP contribution in [0.5, 0.6) is 0 Å². The molecular weight excluding hydrogens is 333 g/mol. The van der Waals surface area contributed by atoms with E-state index in [1.165, 1.54) is 18.3 Å². The molecule has 0 unspecified atom stereocenters. The van der Waals surface area contributed by atoms with E-state index >= 15 is 0 Å². The largest absolute Gasteiger partial charge is 0.326 e. The Labute approximate surface area is 133 Å². The van der Waals surface area contributed by atoms with Gasteiger partial charge in [-0.05, 0) is 31.2 Å². The van der Waals surface area contributed by atoms with Crippen molar-refractivity contribution in [3.8, 4) is 0 Å². The minimum absolute atomic E-state index is 0.0308. The fraction of sp³-hybridized carbons (Fsp3) is 0.154. The molecule has 0 aliphatic carbocycles. The van der Waals surface area contributed by atoms with Crippen molar-refractivity contribution in [2.75, 3.05) is 4.72 Å². The van der Waals surface area contributed by atoms with Crippen LogP contribution in [0.3, 0.4) is 0 Å². The van der Waals surface area contributed by atoms with Gasteiger partial charge >= 0.3 is 0 Å². The maximum Gasteiger partial charge on any atom is 0.263 e. The molecule has 2 rings (SSSR count). The fourth-order valence-corrected chi connectivity index (χ4v) is 3.77. The maximum atomic E-state index is 12.4. The van der Waals surface area contributed by atoms with Gasteiger partial charge in [-0.25, -0.2) is 8.42 Å². The average Bonchev–Trinajstić information content (AvgIpc) is 2.38. The van der Waals surface area contributed by atoms with Crippen molar-refractivity contribution in [3.05, 3.63) is 51.8 Å². The summed E-state index contributed by atoms with van der Waals surface area (Å²) in [5.41, 5.74) is 7.04. The molecule has 0 bridgehead atoms. The molecule has 5 nitrogen and oxygen atoms in total. The van der Waals surface area contributed by atoms with Crippen molar-refractivity contribution in [2.45, 2.75) is 18.4 Å². The Morgan fingerprint density at radius 1 is 1.29 bits per heavy atom. The van der Waals surface area contributed by atoms with Gasteiger partial charge in [0.15, 0.2) is 0 Å². The number of hydrogen-bond donors (Lipinski definition) is 2. The summed E-state index contributed by atoms with van der Waals surface area (Å²) in [6.07, 6.45) is 1.52. The number of aromatic nitrogens is 1. The Morgan fingerprint density at radius 2 is 2.00 bits per heavy atom. The lowest BCUT2D eigenvalue weighted by Gasteiger charge is -2.12. The second kappa shape index (κ2) is 6.19. The normalized spacial score (nSPS) is 11.4. The summed E-state index contributed by atoms with van der Waals surface area (Å²) < 4.78 is 27.3. The molecule has 0 saturated carbocycles. The summed E-state index contributed by atoms with van der Waals surface area (Å²) in [5, 5.41) is 0.365. The highest BCUT2D eigenvalue weighted by atomic mass is 35.5. The van der Waals surface area contributed by atoms with Gasteiger partial charge in [0.1, 0.15) is 4.90 Å². The Balaban J connectivity index is 2.45. The number of benzene rings is 1. The zero-order valence-electron chi connectivity index (χ0n) is 11.1. The van der Waals surface area contributed by atoms with Crippen LogP contribution < -0.4 is 10.5 Å². The minimum atomic E-state index is -3.83. The van der Waals surface area contributed by atoms with Crippen LogP contribution in [0.2, 0.25) is 10.0 Å². The maximum absolute atomic E-state index is 12.4. The Morgan fingerprint density at radius 3 is 2.62 bits per heavy atom.